The molecule has 0 aliphatic carbocycles. The maximum absolute atomic E-state index is 13.7. The van der Waals surface area contributed by atoms with Crippen LogP contribution in [0.2, 0.25) is 0 Å². The summed E-state index contributed by atoms with van der Waals surface area (Å²) in [7, 11) is 0. The van der Waals surface area contributed by atoms with E-state index in [1.54, 1.807) is 0 Å². The number of hydrogen-bond acceptors (Lipinski definition) is 2. The van der Waals surface area contributed by atoms with E-state index >= 15 is 0 Å². The average Bonchev–Trinajstić information content (AvgIpc) is 2.78. The van der Waals surface area contributed by atoms with E-state index in [0.717, 1.165) is 24.4 Å². The molecule has 1 aliphatic rings. The van der Waals surface area contributed by atoms with Gasteiger partial charge in [0, 0.05) is 31.5 Å². The van der Waals surface area contributed by atoms with Crippen LogP contribution in [0.5, 0.6) is 0 Å². The van der Waals surface area contributed by atoms with Gasteiger partial charge in [-0.05, 0) is 41.3 Å². The van der Waals surface area contributed by atoms with Crippen molar-refractivity contribution in [1.29, 1.82) is 0 Å². The van der Waals surface area contributed by atoms with Crippen LogP contribution in [0.15, 0.2) is 16.6 Å². The van der Waals surface area contributed by atoms with Crippen LogP contribution in [0.1, 0.15) is 25.1 Å². The van der Waals surface area contributed by atoms with Gasteiger partial charge < -0.3 is 5.01 Å². The van der Waals surface area contributed by atoms with E-state index < -0.39 is 0 Å². The first-order valence-electron chi connectivity index (χ1n) is 6.88. The highest BCUT2D eigenvalue weighted by atomic mass is 79.9. The third-order valence-corrected chi connectivity index (χ3v) is 4.47. The van der Waals surface area contributed by atoms with Gasteiger partial charge >= 0.3 is 0 Å². The first-order valence-corrected chi connectivity index (χ1v) is 8.21. The van der Waals surface area contributed by atoms with E-state index in [9.17, 15) is 4.39 Å². The molecule has 6 heteroatoms. The normalized spacial score (nSPS) is 16.1. The second-order valence-corrected chi connectivity index (χ2v) is 6.28. The highest BCUT2D eigenvalue weighted by Gasteiger charge is 2.19. The zero-order chi connectivity index (χ0) is 14.1. The molecule has 1 aromatic carbocycles. The first kappa shape index (κ1) is 14.1. The molecule has 0 N–H and O–H groups in total. The van der Waals surface area contributed by atoms with Crippen molar-refractivity contribution in [1.82, 2.24) is 9.66 Å². The van der Waals surface area contributed by atoms with Crippen LogP contribution in [-0.2, 0) is 6.42 Å². The summed E-state index contributed by atoms with van der Waals surface area (Å²) in [6, 6.07) is 3.29. The van der Waals surface area contributed by atoms with Crippen LogP contribution in [0, 0.1) is 5.82 Å². The molecule has 2 heterocycles. The number of alkyl halides is 1. The molecular formula is C14H16BrClFN3. The van der Waals surface area contributed by atoms with E-state index in [-0.39, 0.29) is 5.82 Å². The fourth-order valence-electron chi connectivity index (χ4n) is 2.75. The molecular weight excluding hydrogens is 345 g/mol. The second-order valence-electron chi connectivity index (χ2n) is 5.05. The van der Waals surface area contributed by atoms with E-state index in [1.165, 1.54) is 25.3 Å². The second kappa shape index (κ2) is 5.90. The number of benzene rings is 1. The summed E-state index contributed by atoms with van der Waals surface area (Å²) >= 11 is 9.14. The minimum atomic E-state index is -0.279. The van der Waals surface area contributed by atoms with Crippen molar-refractivity contribution in [2.75, 3.05) is 24.0 Å². The minimum Gasteiger partial charge on any atom is -0.311 e. The molecule has 1 saturated heterocycles. The average molecular weight is 361 g/mol. The summed E-state index contributed by atoms with van der Waals surface area (Å²) in [6.45, 7) is 2.02. The summed E-state index contributed by atoms with van der Waals surface area (Å²) in [4.78, 5) is 4.56. The Balaban J connectivity index is 2.14. The summed E-state index contributed by atoms with van der Waals surface area (Å²) in [5.41, 5.74) is 1.64. The highest BCUT2D eigenvalue weighted by Crippen LogP contribution is 2.26. The molecule has 0 amide bonds. The molecule has 20 heavy (non-hydrogen) atoms. The van der Waals surface area contributed by atoms with E-state index in [4.69, 9.17) is 11.6 Å². The lowest BCUT2D eigenvalue weighted by molar-refractivity contribution is 0.476. The highest BCUT2D eigenvalue weighted by molar-refractivity contribution is 9.10. The zero-order valence-corrected chi connectivity index (χ0v) is 13.4. The SMILES string of the molecule is Fc1cc2nc(CCCl)n(N3CCCCC3)c2cc1Br. The Morgan fingerprint density at radius 1 is 1.25 bits per heavy atom. The van der Waals surface area contributed by atoms with Crippen LogP contribution < -0.4 is 5.01 Å². The van der Waals surface area contributed by atoms with Crippen LogP contribution in [0.3, 0.4) is 0 Å². The van der Waals surface area contributed by atoms with Gasteiger partial charge in [0.15, 0.2) is 0 Å². The predicted octanol–water partition coefficient (Wildman–Crippen LogP) is 3.84. The molecule has 0 unspecified atom stereocenters. The number of hydrogen-bond donors (Lipinski definition) is 0. The van der Waals surface area contributed by atoms with Crippen molar-refractivity contribution in [3.05, 3.63) is 28.2 Å². The van der Waals surface area contributed by atoms with Crippen LogP contribution >= 0.6 is 27.5 Å². The smallest absolute Gasteiger partial charge is 0.139 e. The Morgan fingerprint density at radius 3 is 2.70 bits per heavy atom. The maximum atomic E-state index is 13.7. The number of nitrogens with zero attached hydrogens (tertiary/aromatic N) is 3. The van der Waals surface area contributed by atoms with Crippen LogP contribution in [0.4, 0.5) is 4.39 Å². The van der Waals surface area contributed by atoms with Gasteiger partial charge in [-0.3, -0.25) is 0 Å². The fourth-order valence-corrected chi connectivity index (χ4v) is 3.25. The van der Waals surface area contributed by atoms with Gasteiger partial charge in [0.1, 0.15) is 11.6 Å². The molecule has 1 fully saturated rings. The first-order chi connectivity index (χ1) is 9.70. The molecule has 0 saturated carbocycles. The molecule has 3 nitrogen and oxygen atoms in total. The Labute approximate surface area is 130 Å². The van der Waals surface area contributed by atoms with Crippen LogP contribution in [0.25, 0.3) is 11.0 Å². The third kappa shape index (κ3) is 2.53. The van der Waals surface area contributed by atoms with Gasteiger partial charge in [-0.2, -0.15) is 0 Å². The lowest BCUT2D eigenvalue weighted by Gasteiger charge is -2.31. The summed E-state index contributed by atoms with van der Waals surface area (Å²) in [5.74, 6) is 1.15. The van der Waals surface area contributed by atoms with Crippen molar-refractivity contribution in [3.63, 3.8) is 0 Å². The Kier molecular flexibility index (Phi) is 4.17. The molecule has 0 radical (unpaired) electrons. The topological polar surface area (TPSA) is 21.1 Å². The van der Waals surface area contributed by atoms with Crippen LogP contribution in [-0.4, -0.2) is 28.6 Å². The Morgan fingerprint density at radius 2 is 2.00 bits per heavy atom. The Hall–Kier alpha value is -0.810. The molecule has 1 aromatic heterocycles. The lowest BCUT2D eigenvalue weighted by Crippen LogP contribution is -2.40. The fraction of sp³-hybridized carbons (Fsp3) is 0.500. The maximum Gasteiger partial charge on any atom is 0.139 e. The monoisotopic (exact) mass is 359 g/mol. The number of aryl methyl sites for hydroxylation is 1. The molecule has 0 bridgehead atoms. The molecule has 0 spiro atoms. The molecule has 1 aliphatic heterocycles. The number of imidazole rings is 1. The van der Waals surface area contributed by atoms with Gasteiger partial charge in [-0.15, -0.1) is 11.6 Å². The van der Waals surface area contributed by atoms with Gasteiger partial charge in [0.25, 0.3) is 0 Å². The summed E-state index contributed by atoms with van der Waals surface area (Å²) in [5, 5.41) is 2.30. The van der Waals surface area contributed by atoms with Crippen molar-refractivity contribution >= 4 is 38.6 Å². The van der Waals surface area contributed by atoms with E-state index in [1.807, 2.05) is 6.07 Å². The van der Waals surface area contributed by atoms with Gasteiger partial charge in [0.2, 0.25) is 0 Å². The number of rotatable bonds is 3. The molecule has 108 valence electrons. The Bertz CT molecular complexity index is 622. The number of piperidine rings is 1. The quantitative estimate of drug-likeness (QED) is 0.776. The van der Waals surface area contributed by atoms with Crippen molar-refractivity contribution in [2.24, 2.45) is 0 Å². The predicted molar refractivity (Wildman–Crippen MR) is 83.6 cm³/mol. The number of aromatic nitrogens is 2. The lowest BCUT2D eigenvalue weighted by atomic mass is 10.2. The number of fused-ring (bicyclic) bond motifs is 1. The van der Waals surface area contributed by atoms with E-state index in [2.05, 4.69) is 30.6 Å². The zero-order valence-electron chi connectivity index (χ0n) is 11.1. The summed E-state index contributed by atoms with van der Waals surface area (Å²) < 4.78 is 16.3. The molecule has 2 aromatic rings. The largest absolute Gasteiger partial charge is 0.311 e. The van der Waals surface area contributed by atoms with Crippen molar-refractivity contribution < 1.29 is 4.39 Å². The van der Waals surface area contributed by atoms with Gasteiger partial charge in [-0.25, -0.2) is 14.1 Å². The molecule has 0 atom stereocenters. The minimum absolute atomic E-state index is 0.279. The van der Waals surface area contributed by atoms with E-state index in [0.29, 0.717) is 22.3 Å². The van der Waals surface area contributed by atoms with Gasteiger partial charge in [0.05, 0.1) is 15.5 Å². The summed E-state index contributed by atoms with van der Waals surface area (Å²) in [6.07, 6.45) is 4.32. The standard InChI is InChI=1S/C14H16BrClFN3/c15-10-8-13-12(9-11(10)17)18-14(4-5-16)20(13)19-6-2-1-3-7-19/h8-9H,1-7H2. The van der Waals surface area contributed by atoms with Crippen molar-refractivity contribution in [3.8, 4) is 0 Å². The third-order valence-electron chi connectivity index (χ3n) is 3.67. The van der Waals surface area contributed by atoms with Crippen molar-refractivity contribution in [2.45, 2.75) is 25.7 Å². The molecule has 3 rings (SSSR count). The number of halogens is 3. The van der Waals surface area contributed by atoms with Gasteiger partial charge in [-0.1, -0.05) is 0 Å².